The summed E-state index contributed by atoms with van der Waals surface area (Å²) in [5, 5.41) is 13.2. The highest BCUT2D eigenvalue weighted by Crippen LogP contribution is 2.55. The van der Waals surface area contributed by atoms with Crippen LogP contribution in [0, 0.1) is 29.1 Å². The number of hydrogen-bond acceptors (Lipinski definition) is 10. The van der Waals surface area contributed by atoms with E-state index in [1.807, 2.05) is 75.7 Å². The summed E-state index contributed by atoms with van der Waals surface area (Å²) in [5.41, 5.74) is 11.1. The Hall–Kier alpha value is -4.92. The maximum absolute atomic E-state index is 13.9. The highest BCUT2D eigenvalue weighted by Gasteiger charge is 2.64. The summed E-state index contributed by atoms with van der Waals surface area (Å²) in [7, 11) is 0. The van der Waals surface area contributed by atoms with Crippen LogP contribution >= 0.6 is 22.9 Å². The Morgan fingerprint density at radius 2 is 1.75 bits per heavy atom. The second-order valence-electron chi connectivity index (χ2n) is 19.9. The van der Waals surface area contributed by atoms with E-state index in [1.165, 1.54) is 0 Å². The molecule has 6 rings (SSSR count). The van der Waals surface area contributed by atoms with Gasteiger partial charge in [-0.05, 0) is 80.2 Å². The van der Waals surface area contributed by atoms with E-state index < -0.39 is 17.5 Å². The second-order valence-corrected chi connectivity index (χ2v) is 21.2. The van der Waals surface area contributed by atoms with E-state index in [-0.39, 0.29) is 59.1 Å². The van der Waals surface area contributed by atoms with Crippen LogP contribution in [0.1, 0.15) is 98.2 Å². The van der Waals surface area contributed by atoms with Crippen molar-refractivity contribution < 1.29 is 28.7 Å². The van der Waals surface area contributed by atoms with Gasteiger partial charge in [-0.25, -0.2) is 4.98 Å². The predicted octanol–water partition coefficient (Wildman–Crippen LogP) is 7.73. The van der Waals surface area contributed by atoms with Gasteiger partial charge in [-0.3, -0.25) is 19.2 Å². The van der Waals surface area contributed by atoms with E-state index >= 15 is 0 Å². The topological polar surface area (TPSA) is 177 Å². The number of ether oxygens (including phenoxy) is 2. The molecule has 0 spiro atoms. The number of carbonyl (C=O) groups excluding carboxylic acids is 4. The summed E-state index contributed by atoms with van der Waals surface area (Å²) >= 11 is 7.83. The fraction of sp³-hybridized carbons (Fsp3) is 0.540. The Bertz CT molecular complexity index is 2220. The third-order valence-electron chi connectivity index (χ3n) is 13.0. The van der Waals surface area contributed by atoms with Gasteiger partial charge in [0.25, 0.3) is 0 Å². The van der Waals surface area contributed by atoms with Gasteiger partial charge in [-0.1, -0.05) is 96.5 Å². The average molecular weight is 931 g/mol. The molecule has 2 fully saturated rings. The number of thiazole rings is 1. The molecule has 65 heavy (non-hydrogen) atoms. The SMILES string of the molecule is Cc1ncsc1-c1ccc(CNC(=O)[C@@H]2CCCN2C(=O)[C@@H](NC(=O)COCCCCCNC2=CCC(C(=O)NC3C(C)(C)C(Oc4ccc(N)c(Cl)c4)C3(C)C)C=C2)C(C)(C)C)cc1. The van der Waals surface area contributed by atoms with Crippen LogP contribution in [0.3, 0.4) is 0 Å². The largest absolute Gasteiger partial charge is 0.489 e. The van der Waals surface area contributed by atoms with Gasteiger partial charge in [-0.2, -0.15) is 0 Å². The Morgan fingerprint density at radius 3 is 2.40 bits per heavy atom. The summed E-state index contributed by atoms with van der Waals surface area (Å²) in [6, 6.07) is 11.9. The zero-order chi connectivity index (χ0) is 47.1. The lowest BCUT2D eigenvalue weighted by molar-refractivity contribution is -0.174. The molecule has 3 atom stereocenters. The van der Waals surface area contributed by atoms with E-state index in [1.54, 1.807) is 28.4 Å². The number of nitrogen functional groups attached to an aromatic ring is 1. The molecule has 0 radical (unpaired) electrons. The minimum absolute atomic E-state index is 0.00282. The quantitative estimate of drug-likeness (QED) is 0.0595. The number of nitrogens with zero attached hydrogens (tertiary/aromatic N) is 2. The van der Waals surface area contributed by atoms with Crippen molar-refractivity contribution in [3.63, 3.8) is 0 Å². The molecule has 6 N–H and O–H groups in total. The molecule has 1 saturated carbocycles. The number of anilines is 1. The molecule has 1 saturated heterocycles. The van der Waals surface area contributed by atoms with Gasteiger partial charge < -0.3 is 41.4 Å². The van der Waals surface area contributed by atoms with E-state index in [0.29, 0.717) is 55.4 Å². The van der Waals surface area contributed by atoms with Gasteiger partial charge in [0.15, 0.2) is 0 Å². The number of benzene rings is 2. The number of unbranched alkanes of at least 4 members (excludes halogenated alkanes) is 2. The highest BCUT2D eigenvalue weighted by atomic mass is 35.5. The molecule has 15 heteroatoms. The minimum atomic E-state index is -0.814. The van der Waals surface area contributed by atoms with Crippen LogP contribution in [0.5, 0.6) is 5.75 Å². The molecule has 2 aromatic carbocycles. The number of allylic oxidation sites excluding steroid dienone is 2. The molecule has 1 unspecified atom stereocenters. The Labute approximate surface area is 393 Å². The lowest BCUT2D eigenvalue weighted by Crippen LogP contribution is -2.75. The number of likely N-dealkylation sites (tertiary alicyclic amines) is 1. The van der Waals surface area contributed by atoms with Gasteiger partial charge in [0.05, 0.1) is 32.7 Å². The van der Waals surface area contributed by atoms with Crippen molar-refractivity contribution in [1.82, 2.24) is 31.2 Å². The molecule has 3 aromatic rings. The lowest BCUT2D eigenvalue weighted by atomic mass is 9.49. The summed E-state index contributed by atoms with van der Waals surface area (Å²) in [4.78, 5) is 60.9. The van der Waals surface area contributed by atoms with Gasteiger partial charge in [0.1, 0.15) is 30.5 Å². The molecule has 13 nitrogen and oxygen atoms in total. The number of nitrogens with two attached hydrogens (primary N) is 1. The third kappa shape index (κ3) is 12.1. The van der Waals surface area contributed by atoms with Gasteiger partial charge in [0, 0.05) is 54.9 Å². The third-order valence-corrected chi connectivity index (χ3v) is 14.3. The molecule has 0 bridgehead atoms. The number of nitrogens with one attached hydrogen (secondary N) is 4. The number of halogens is 1. The standard InChI is InChI=1S/C50H68ClN7O6S/c1-31-41(65-30-55-31)33-16-14-32(15-17-33)28-54-44(61)39-13-12-25-58(39)45(62)42(48(2,3)4)56-40(59)29-63-26-11-9-10-24-53-35-20-18-34(19-21-35)43(60)57-46-49(5,6)47(50(46,7)8)64-36-22-23-38(52)37(51)27-36/h14-18,20-23,27,30,34,39,42,46-47,53H,9-13,19,24-26,28-29,52H2,1-8H3,(H,54,61)(H,56,59)(H,57,60)/t34?,39-,42+,46?,47?/m0/s1. The zero-order valence-corrected chi connectivity index (χ0v) is 40.8. The molecular formula is C50H68ClN7O6S. The molecule has 3 aliphatic rings. The van der Waals surface area contributed by atoms with Crippen LogP contribution in [-0.2, 0) is 30.5 Å². The predicted molar refractivity (Wildman–Crippen MR) is 258 cm³/mol. The zero-order valence-electron chi connectivity index (χ0n) is 39.2. The number of aromatic nitrogens is 1. The van der Waals surface area contributed by atoms with Crippen LogP contribution in [0.2, 0.25) is 5.02 Å². The number of amides is 4. The van der Waals surface area contributed by atoms with Crippen molar-refractivity contribution in [3.8, 4) is 16.2 Å². The monoisotopic (exact) mass is 929 g/mol. The summed E-state index contributed by atoms with van der Waals surface area (Å²) < 4.78 is 12.1. The van der Waals surface area contributed by atoms with Gasteiger partial charge in [-0.15, -0.1) is 11.3 Å². The first-order chi connectivity index (χ1) is 30.8. The lowest BCUT2D eigenvalue weighted by Gasteiger charge is -2.63. The maximum atomic E-state index is 13.9. The van der Waals surface area contributed by atoms with Crippen LogP contribution in [0.25, 0.3) is 10.4 Å². The normalized spacial score (nSPS) is 21.4. The van der Waals surface area contributed by atoms with E-state index in [9.17, 15) is 19.2 Å². The molecule has 1 aliphatic heterocycles. The van der Waals surface area contributed by atoms with Gasteiger partial charge in [0.2, 0.25) is 23.6 Å². The van der Waals surface area contributed by atoms with E-state index in [0.717, 1.165) is 53.2 Å². The van der Waals surface area contributed by atoms with Crippen molar-refractivity contribution in [3.05, 3.63) is 88.2 Å². The van der Waals surface area contributed by atoms with E-state index in [4.69, 9.17) is 26.8 Å². The summed E-state index contributed by atoms with van der Waals surface area (Å²) in [6.45, 7) is 18.0. The number of hydrogen-bond donors (Lipinski definition) is 5. The Morgan fingerprint density at radius 1 is 1.02 bits per heavy atom. The first-order valence-electron chi connectivity index (χ1n) is 22.9. The first kappa shape index (κ1) is 49.5. The maximum Gasteiger partial charge on any atom is 0.246 e. The second kappa shape index (κ2) is 21.1. The minimum Gasteiger partial charge on any atom is -0.489 e. The number of carbonyl (C=O) groups is 4. The molecule has 2 heterocycles. The molecule has 352 valence electrons. The van der Waals surface area contributed by atoms with E-state index in [2.05, 4.69) is 60.0 Å². The molecule has 2 aliphatic carbocycles. The van der Waals surface area contributed by atoms with Gasteiger partial charge >= 0.3 is 0 Å². The fourth-order valence-electron chi connectivity index (χ4n) is 9.60. The Kier molecular flexibility index (Phi) is 16.1. The van der Waals surface area contributed by atoms with Crippen molar-refractivity contribution >= 4 is 52.3 Å². The smallest absolute Gasteiger partial charge is 0.246 e. The van der Waals surface area contributed by atoms with Crippen molar-refractivity contribution in [1.29, 1.82) is 0 Å². The summed E-state index contributed by atoms with van der Waals surface area (Å²) in [6.07, 6.45) is 10.4. The van der Waals surface area contributed by atoms with Crippen LogP contribution in [0.15, 0.2) is 71.9 Å². The fourth-order valence-corrected chi connectivity index (χ4v) is 10.6. The number of rotatable bonds is 19. The van der Waals surface area contributed by atoms with Crippen molar-refractivity contribution in [2.75, 3.05) is 32.0 Å². The Balaban J connectivity index is 0.851. The van der Waals surface area contributed by atoms with Crippen LogP contribution in [0.4, 0.5) is 5.69 Å². The van der Waals surface area contributed by atoms with Crippen molar-refractivity contribution in [2.45, 2.75) is 125 Å². The molecule has 1 aromatic heterocycles. The van der Waals surface area contributed by atoms with Crippen LogP contribution < -0.4 is 31.7 Å². The average Bonchev–Trinajstić information content (AvgIpc) is 3.94. The molecule has 4 amide bonds. The van der Waals surface area contributed by atoms with Crippen LogP contribution in [-0.4, -0.2) is 84.0 Å². The molecular weight excluding hydrogens is 862 g/mol. The highest BCUT2D eigenvalue weighted by molar-refractivity contribution is 7.13. The number of aryl methyl sites for hydroxylation is 1. The van der Waals surface area contributed by atoms with Crippen molar-refractivity contribution in [2.24, 2.45) is 22.2 Å². The summed E-state index contributed by atoms with van der Waals surface area (Å²) in [5.74, 6) is -0.410. The first-order valence-corrected chi connectivity index (χ1v) is 24.1.